The molecule has 18 heavy (non-hydrogen) atoms. The molecule has 5 nitrogen and oxygen atoms in total. The second kappa shape index (κ2) is 4.43. The van der Waals surface area contributed by atoms with E-state index < -0.39 is 5.97 Å². The number of carboxylic acids is 1. The first-order chi connectivity index (χ1) is 8.74. The van der Waals surface area contributed by atoms with Crippen LogP contribution < -0.4 is 0 Å². The second-order valence-corrected chi connectivity index (χ2v) is 5.23. The zero-order chi connectivity index (χ0) is 12.5. The molecule has 90 valence electrons. The van der Waals surface area contributed by atoms with Crippen molar-refractivity contribution in [3.63, 3.8) is 0 Å². The molecule has 0 saturated heterocycles. The number of nitrogens with zero attached hydrogens (tertiary/aromatic N) is 2. The molecule has 3 heterocycles. The van der Waals surface area contributed by atoms with Crippen LogP contribution >= 0.6 is 23.1 Å². The number of carboxylic acid groups (broad SMARTS) is 1. The number of fused-ring (bicyclic) bond motifs is 1. The van der Waals surface area contributed by atoms with Gasteiger partial charge in [-0.15, -0.1) is 11.3 Å². The monoisotopic (exact) mass is 278 g/mol. The van der Waals surface area contributed by atoms with Gasteiger partial charge in [0.05, 0.1) is 0 Å². The normalized spacial score (nSPS) is 10.9. The van der Waals surface area contributed by atoms with E-state index in [0.717, 1.165) is 15.2 Å². The van der Waals surface area contributed by atoms with Gasteiger partial charge in [0, 0.05) is 5.39 Å². The van der Waals surface area contributed by atoms with Gasteiger partial charge in [-0.1, -0.05) is 0 Å². The molecule has 0 spiro atoms. The third-order valence-electron chi connectivity index (χ3n) is 2.21. The number of aromatic carboxylic acids is 1. The number of furan rings is 1. The lowest BCUT2D eigenvalue weighted by Crippen LogP contribution is -1.91. The van der Waals surface area contributed by atoms with Gasteiger partial charge >= 0.3 is 5.97 Å². The maximum absolute atomic E-state index is 10.7. The van der Waals surface area contributed by atoms with Gasteiger partial charge in [0.2, 0.25) is 5.76 Å². The summed E-state index contributed by atoms with van der Waals surface area (Å²) in [5.41, 5.74) is 0. The van der Waals surface area contributed by atoms with Crippen LogP contribution in [0, 0.1) is 0 Å². The van der Waals surface area contributed by atoms with Crippen molar-refractivity contribution < 1.29 is 14.3 Å². The van der Waals surface area contributed by atoms with E-state index in [4.69, 9.17) is 9.52 Å². The molecule has 0 unspecified atom stereocenters. The highest BCUT2D eigenvalue weighted by molar-refractivity contribution is 7.99. The van der Waals surface area contributed by atoms with Gasteiger partial charge < -0.3 is 9.52 Å². The Labute approximate surface area is 109 Å². The number of hydrogen-bond acceptors (Lipinski definition) is 6. The molecule has 1 N–H and O–H groups in total. The van der Waals surface area contributed by atoms with E-state index in [2.05, 4.69) is 9.97 Å². The SMILES string of the molecule is O=C(O)c1ccc(Sc2ncnc3sccc23)o1. The Hall–Kier alpha value is -1.86. The van der Waals surface area contributed by atoms with Gasteiger partial charge in [-0.25, -0.2) is 14.8 Å². The van der Waals surface area contributed by atoms with Crippen LogP contribution in [0.25, 0.3) is 10.2 Å². The first-order valence-corrected chi connectivity index (χ1v) is 6.63. The molecular formula is C11H6N2O3S2. The summed E-state index contributed by atoms with van der Waals surface area (Å²) in [6.45, 7) is 0. The van der Waals surface area contributed by atoms with Crippen molar-refractivity contribution in [3.05, 3.63) is 35.7 Å². The van der Waals surface area contributed by atoms with Gasteiger partial charge in [-0.05, 0) is 35.3 Å². The minimum atomic E-state index is -1.08. The second-order valence-electron chi connectivity index (χ2n) is 3.34. The average molecular weight is 278 g/mol. The highest BCUT2D eigenvalue weighted by Gasteiger charge is 2.12. The molecular weight excluding hydrogens is 272 g/mol. The maximum Gasteiger partial charge on any atom is 0.371 e. The van der Waals surface area contributed by atoms with Crippen LogP contribution in [0.5, 0.6) is 0 Å². The Balaban J connectivity index is 1.96. The van der Waals surface area contributed by atoms with Gasteiger partial charge in [-0.2, -0.15) is 0 Å². The predicted octanol–water partition coefficient (Wildman–Crippen LogP) is 3.13. The molecule has 0 fully saturated rings. The first kappa shape index (κ1) is 11.2. The zero-order valence-electron chi connectivity index (χ0n) is 8.86. The van der Waals surface area contributed by atoms with Crippen LogP contribution in [-0.4, -0.2) is 21.0 Å². The summed E-state index contributed by atoms with van der Waals surface area (Å²) in [4.78, 5) is 19.9. The summed E-state index contributed by atoms with van der Waals surface area (Å²) in [5, 5.41) is 12.9. The van der Waals surface area contributed by atoms with Crippen LogP contribution in [0.3, 0.4) is 0 Å². The molecule has 7 heteroatoms. The van der Waals surface area contributed by atoms with Gasteiger partial charge in [0.15, 0.2) is 5.09 Å². The fourth-order valence-corrected chi connectivity index (χ4v) is 3.06. The van der Waals surface area contributed by atoms with Crippen LogP contribution in [0.1, 0.15) is 10.6 Å². The van der Waals surface area contributed by atoms with Crippen molar-refractivity contribution >= 4 is 39.3 Å². The highest BCUT2D eigenvalue weighted by atomic mass is 32.2. The molecule has 0 aliphatic rings. The molecule has 0 aliphatic carbocycles. The Morgan fingerprint density at radius 2 is 2.22 bits per heavy atom. The molecule has 0 radical (unpaired) electrons. The molecule has 0 saturated carbocycles. The van der Waals surface area contributed by atoms with Crippen molar-refractivity contribution in [3.8, 4) is 0 Å². The first-order valence-electron chi connectivity index (χ1n) is 4.93. The predicted molar refractivity (Wildman–Crippen MR) is 67.2 cm³/mol. The molecule has 0 aliphatic heterocycles. The van der Waals surface area contributed by atoms with E-state index >= 15 is 0 Å². The van der Waals surface area contributed by atoms with Crippen molar-refractivity contribution in [2.45, 2.75) is 10.1 Å². The lowest BCUT2D eigenvalue weighted by molar-refractivity contribution is 0.0656. The van der Waals surface area contributed by atoms with E-state index in [0.29, 0.717) is 5.09 Å². The molecule has 0 bridgehead atoms. The maximum atomic E-state index is 10.7. The third-order valence-corrected chi connectivity index (χ3v) is 3.97. The van der Waals surface area contributed by atoms with Crippen LogP contribution in [0.4, 0.5) is 0 Å². The van der Waals surface area contributed by atoms with Crippen LogP contribution in [0.15, 0.2) is 44.4 Å². The van der Waals surface area contributed by atoms with Crippen molar-refractivity contribution in [2.75, 3.05) is 0 Å². The minimum Gasteiger partial charge on any atom is -0.475 e. The number of thiophene rings is 1. The van der Waals surface area contributed by atoms with E-state index in [9.17, 15) is 4.79 Å². The minimum absolute atomic E-state index is 0.0758. The highest BCUT2D eigenvalue weighted by Crippen LogP contribution is 2.33. The lowest BCUT2D eigenvalue weighted by atomic mass is 10.4. The van der Waals surface area contributed by atoms with E-state index in [1.165, 1.54) is 35.5 Å². The number of carbonyl (C=O) groups is 1. The number of aromatic nitrogens is 2. The van der Waals surface area contributed by atoms with Gasteiger partial charge in [0.25, 0.3) is 0 Å². The standard InChI is InChI=1S/C11H6N2O3S2/c14-11(15)7-1-2-8(16-7)18-10-6-3-4-17-9(6)12-5-13-10/h1-5H,(H,14,15). The zero-order valence-corrected chi connectivity index (χ0v) is 10.5. The van der Waals surface area contributed by atoms with Crippen molar-refractivity contribution in [1.82, 2.24) is 9.97 Å². The number of rotatable bonds is 3. The fraction of sp³-hybridized carbons (Fsp3) is 0. The molecule has 3 rings (SSSR count). The molecule has 3 aromatic rings. The summed E-state index contributed by atoms with van der Waals surface area (Å²) < 4.78 is 5.18. The summed E-state index contributed by atoms with van der Waals surface area (Å²) >= 11 is 2.82. The fourth-order valence-electron chi connectivity index (χ4n) is 1.43. The molecule has 0 amide bonds. The number of hydrogen-bond donors (Lipinski definition) is 1. The van der Waals surface area contributed by atoms with Crippen LogP contribution in [0.2, 0.25) is 0 Å². The Kier molecular flexibility index (Phi) is 2.77. The van der Waals surface area contributed by atoms with Crippen molar-refractivity contribution in [1.29, 1.82) is 0 Å². The molecule has 3 aromatic heterocycles. The average Bonchev–Trinajstić information content (AvgIpc) is 2.97. The summed E-state index contributed by atoms with van der Waals surface area (Å²) in [5.74, 6) is -1.15. The quantitative estimate of drug-likeness (QED) is 0.742. The summed E-state index contributed by atoms with van der Waals surface area (Å²) in [6.07, 6.45) is 1.49. The molecule has 0 atom stereocenters. The van der Waals surface area contributed by atoms with E-state index in [1.54, 1.807) is 6.07 Å². The molecule has 0 aromatic carbocycles. The Morgan fingerprint density at radius 3 is 3.00 bits per heavy atom. The summed E-state index contributed by atoms with van der Waals surface area (Å²) in [6, 6.07) is 4.98. The lowest BCUT2D eigenvalue weighted by Gasteiger charge is -1.98. The largest absolute Gasteiger partial charge is 0.475 e. The van der Waals surface area contributed by atoms with E-state index in [1.807, 2.05) is 11.4 Å². The van der Waals surface area contributed by atoms with Crippen LogP contribution in [-0.2, 0) is 0 Å². The van der Waals surface area contributed by atoms with Gasteiger partial charge in [-0.3, -0.25) is 0 Å². The third kappa shape index (κ3) is 1.98. The van der Waals surface area contributed by atoms with Gasteiger partial charge in [0.1, 0.15) is 16.2 Å². The van der Waals surface area contributed by atoms with E-state index in [-0.39, 0.29) is 5.76 Å². The van der Waals surface area contributed by atoms with Crippen molar-refractivity contribution in [2.24, 2.45) is 0 Å². The summed E-state index contributed by atoms with van der Waals surface area (Å²) in [7, 11) is 0. The topological polar surface area (TPSA) is 76.2 Å². The smallest absolute Gasteiger partial charge is 0.371 e. The Morgan fingerprint density at radius 1 is 1.33 bits per heavy atom. The Bertz CT molecular complexity index is 720.